The molecule has 1 heterocycles. The number of benzene rings is 1. The van der Waals surface area contributed by atoms with Crippen LogP contribution < -0.4 is 9.64 Å². The van der Waals surface area contributed by atoms with Gasteiger partial charge in [0.25, 0.3) is 0 Å². The molecule has 0 N–H and O–H groups in total. The zero-order valence-corrected chi connectivity index (χ0v) is 13.6. The summed E-state index contributed by atoms with van der Waals surface area (Å²) in [6.07, 6.45) is 1.51. The molecule has 1 aromatic carbocycles. The fourth-order valence-electron chi connectivity index (χ4n) is 2.29. The monoisotopic (exact) mass is 305 g/mol. The molecule has 0 bridgehead atoms. The van der Waals surface area contributed by atoms with Gasteiger partial charge in [0, 0.05) is 19.2 Å². The van der Waals surface area contributed by atoms with Gasteiger partial charge in [0.1, 0.15) is 23.0 Å². The van der Waals surface area contributed by atoms with Crippen LogP contribution in [0.5, 0.6) is 5.75 Å². The maximum atomic E-state index is 6.22. The third-order valence-corrected chi connectivity index (χ3v) is 3.61. The minimum Gasteiger partial charge on any atom is -0.497 e. The van der Waals surface area contributed by atoms with Gasteiger partial charge in [0.2, 0.25) is 0 Å². The van der Waals surface area contributed by atoms with E-state index in [9.17, 15) is 0 Å². The quantitative estimate of drug-likeness (QED) is 0.785. The lowest BCUT2D eigenvalue weighted by molar-refractivity contribution is 0.414. The summed E-state index contributed by atoms with van der Waals surface area (Å²) < 4.78 is 5.26. The molecule has 0 saturated heterocycles. The van der Waals surface area contributed by atoms with Crippen molar-refractivity contribution in [2.24, 2.45) is 0 Å². The van der Waals surface area contributed by atoms with Gasteiger partial charge in [-0.3, -0.25) is 0 Å². The van der Waals surface area contributed by atoms with Crippen molar-refractivity contribution in [1.82, 2.24) is 9.97 Å². The van der Waals surface area contributed by atoms with Crippen molar-refractivity contribution in [1.29, 1.82) is 0 Å². The number of aromatic nitrogens is 2. The van der Waals surface area contributed by atoms with E-state index in [-0.39, 0.29) is 5.92 Å². The van der Waals surface area contributed by atoms with Gasteiger partial charge >= 0.3 is 0 Å². The first-order chi connectivity index (χ1) is 10.0. The average Bonchev–Trinajstić information content (AvgIpc) is 2.46. The second-order valence-corrected chi connectivity index (χ2v) is 5.62. The molecule has 21 heavy (non-hydrogen) atoms. The molecular formula is C16H20ClN3O. The van der Waals surface area contributed by atoms with Crippen LogP contribution in [0.3, 0.4) is 0 Å². The van der Waals surface area contributed by atoms with Crippen molar-refractivity contribution < 1.29 is 4.74 Å². The molecule has 0 amide bonds. The molecule has 2 rings (SSSR count). The molecule has 2 aromatic rings. The molecule has 5 heteroatoms. The van der Waals surface area contributed by atoms with E-state index in [1.807, 2.05) is 25.2 Å². The van der Waals surface area contributed by atoms with Gasteiger partial charge < -0.3 is 9.64 Å². The van der Waals surface area contributed by atoms with Crippen LogP contribution in [0.4, 0.5) is 5.82 Å². The van der Waals surface area contributed by atoms with Crippen molar-refractivity contribution >= 4 is 17.4 Å². The van der Waals surface area contributed by atoms with E-state index in [0.717, 1.165) is 29.2 Å². The van der Waals surface area contributed by atoms with Gasteiger partial charge in [0.15, 0.2) is 0 Å². The second-order valence-electron chi connectivity index (χ2n) is 5.26. The second kappa shape index (κ2) is 6.76. The Morgan fingerprint density at radius 1 is 1.29 bits per heavy atom. The number of nitrogens with zero attached hydrogens (tertiary/aromatic N) is 3. The van der Waals surface area contributed by atoms with Crippen LogP contribution in [0, 0.1) is 0 Å². The summed E-state index contributed by atoms with van der Waals surface area (Å²) in [5.74, 6) is 1.99. The highest BCUT2D eigenvalue weighted by atomic mass is 35.5. The number of hydrogen-bond acceptors (Lipinski definition) is 4. The molecule has 0 radical (unpaired) electrons. The Hall–Kier alpha value is -1.81. The topological polar surface area (TPSA) is 38.2 Å². The summed E-state index contributed by atoms with van der Waals surface area (Å²) in [5.41, 5.74) is 2.13. The van der Waals surface area contributed by atoms with Crippen molar-refractivity contribution in [2.45, 2.75) is 26.3 Å². The number of methoxy groups -OCH3 is 1. The molecule has 0 unspecified atom stereocenters. The number of anilines is 1. The molecule has 4 nitrogen and oxygen atoms in total. The standard InChI is InChI=1S/C16H20ClN3O/c1-11(2)14-15(17)18-10-19-16(14)20(3)9-12-6-5-7-13(8-12)21-4/h5-8,10-11H,9H2,1-4H3. The van der Waals surface area contributed by atoms with Crippen molar-refractivity contribution in [3.05, 3.63) is 46.9 Å². The summed E-state index contributed by atoms with van der Waals surface area (Å²) in [5, 5.41) is 0.521. The molecule has 0 fully saturated rings. The van der Waals surface area contributed by atoms with E-state index in [1.54, 1.807) is 7.11 Å². The lowest BCUT2D eigenvalue weighted by Crippen LogP contribution is -2.20. The maximum Gasteiger partial charge on any atom is 0.138 e. The summed E-state index contributed by atoms with van der Waals surface area (Å²) in [7, 11) is 3.67. The number of hydrogen-bond donors (Lipinski definition) is 0. The Balaban J connectivity index is 2.28. The van der Waals surface area contributed by atoms with Crippen LogP contribution in [-0.2, 0) is 6.54 Å². The Kier molecular flexibility index (Phi) is 5.02. The van der Waals surface area contributed by atoms with E-state index in [1.165, 1.54) is 6.33 Å². The summed E-state index contributed by atoms with van der Waals surface area (Å²) >= 11 is 6.22. The van der Waals surface area contributed by atoms with Crippen LogP contribution in [0.1, 0.15) is 30.9 Å². The number of ether oxygens (including phenoxy) is 1. The highest BCUT2D eigenvalue weighted by Gasteiger charge is 2.16. The molecule has 1 aromatic heterocycles. The zero-order chi connectivity index (χ0) is 15.4. The normalized spacial score (nSPS) is 10.8. The Morgan fingerprint density at radius 3 is 2.71 bits per heavy atom. The Morgan fingerprint density at radius 2 is 2.05 bits per heavy atom. The van der Waals surface area contributed by atoms with E-state index in [0.29, 0.717) is 5.15 Å². The fraction of sp³-hybridized carbons (Fsp3) is 0.375. The van der Waals surface area contributed by atoms with E-state index in [4.69, 9.17) is 16.3 Å². The zero-order valence-electron chi connectivity index (χ0n) is 12.8. The van der Waals surface area contributed by atoms with Gasteiger partial charge in [-0.25, -0.2) is 9.97 Å². The van der Waals surface area contributed by atoms with E-state index >= 15 is 0 Å². The number of halogens is 1. The van der Waals surface area contributed by atoms with Gasteiger partial charge in [-0.05, 0) is 23.6 Å². The maximum absolute atomic E-state index is 6.22. The lowest BCUT2D eigenvalue weighted by Gasteiger charge is -2.23. The molecule has 0 saturated carbocycles. The van der Waals surface area contributed by atoms with Gasteiger partial charge in [-0.2, -0.15) is 0 Å². The molecule has 0 aliphatic carbocycles. The minimum absolute atomic E-state index is 0.265. The Bertz CT molecular complexity index is 616. The Labute approximate surface area is 130 Å². The summed E-state index contributed by atoms with van der Waals surface area (Å²) in [4.78, 5) is 10.6. The predicted octanol–water partition coefficient (Wildman–Crippen LogP) is 3.90. The third kappa shape index (κ3) is 3.64. The van der Waals surface area contributed by atoms with Crippen molar-refractivity contribution in [2.75, 3.05) is 19.1 Å². The smallest absolute Gasteiger partial charge is 0.138 e. The highest BCUT2D eigenvalue weighted by Crippen LogP contribution is 2.30. The molecule has 0 aliphatic rings. The first kappa shape index (κ1) is 15.6. The van der Waals surface area contributed by atoms with Crippen molar-refractivity contribution in [3.63, 3.8) is 0 Å². The first-order valence-corrected chi connectivity index (χ1v) is 7.25. The molecule has 0 spiro atoms. The van der Waals surface area contributed by atoms with Crippen molar-refractivity contribution in [3.8, 4) is 5.75 Å². The van der Waals surface area contributed by atoms with Gasteiger partial charge in [-0.15, -0.1) is 0 Å². The number of rotatable bonds is 5. The summed E-state index contributed by atoms with van der Waals surface area (Å²) in [6.45, 7) is 4.91. The van der Waals surface area contributed by atoms with Crippen LogP contribution in [0.15, 0.2) is 30.6 Å². The van der Waals surface area contributed by atoms with Gasteiger partial charge in [-0.1, -0.05) is 37.6 Å². The van der Waals surface area contributed by atoms with Crippen LogP contribution in [0.25, 0.3) is 0 Å². The summed E-state index contributed by atoms with van der Waals surface area (Å²) in [6, 6.07) is 8.01. The largest absolute Gasteiger partial charge is 0.497 e. The third-order valence-electron chi connectivity index (χ3n) is 3.31. The van der Waals surface area contributed by atoms with Crippen LogP contribution in [0.2, 0.25) is 5.15 Å². The average molecular weight is 306 g/mol. The fourth-order valence-corrected chi connectivity index (χ4v) is 2.63. The SMILES string of the molecule is COc1cccc(CN(C)c2ncnc(Cl)c2C(C)C)c1. The lowest BCUT2D eigenvalue weighted by atomic mass is 10.1. The van der Waals surface area contributed by atoms with Crippen LogP contribution in [-0.4, -0.2) is 24.1 Å². The predicted molar refractivity (Wildman–Crippen MR) is 86.2 cm³/mol. The minimum atomic E-state index is 0.265. The highest BCUT2D eigenvalue weighted by molar-refractivity contribution is 6.30. The van der Waals surface area contributed by atoms with E-state index < -0.39 is 0 Å². The first-order valence-electron chi connectivity index (χ1n) is 6.87. The van der Waals surface area contributed by atoms with Crippen LogP contribution >= 0.6 is 11.6 Å². The van der Waals surface area contributed by atoms with Gasteiger partial charge in [0.05, 0.1) is 7.11 Å². The molecule has 112 valence electrons. The van der Waals surface area contributed by atoms with E-state index in [2.05, 4.69) is 34.8 Å². The molecule has 0 atom stereocenters. The molecule has 0 aliphatic heterocycles. The molecular weight excluding hydrogens is 286 g/mol.